The number of hydrogen-bond acceptors (Lipinski definition) is 3. The van der Waals surface area contributed by atoms with Gasteiger partial charge in [0, 0.05) is 17.7 Å². The molecule has 162 valence electrons. The number of fused-ring (bicyclic) bond motifs is 9. The van der Waals surface area contributed by atoms with Crippen molar-refractivity contribution < 1.29 is 21.6 Å². The lowest BCUT2D eigenvalue weighted by molar-refractivity contribution is -0.137. The fourth-order valence-corrected chi connectivity index (χ4v) is 6.75. The van der Waals surface area contributed by atoms with Gasteiger partial charge in [-0.15, -0.1) is 0 Å². The minimum atomic E-state index is -4.53. The van der Waals surface area contributed by atoms with Crippen LogP contribution in [0.25, 0.3) is 10.8 Å². The van der Waals surface area contributed by atoms with E-state index in [2.05, 4.69) is 10.2 Å². The zero-order valence-corrected chi connectivity index (χ0v) is 17.3. The molecular formula is C23H16F3N3O2S. The molecular weight excluding hydrogens is 439 g/mol. The van der Waals surface area contributed by atoms with E-state index in [1.807, 2.05) is 36.4 Å². The summed E-state index contributed by atoms with van der Waals surface area (Å²) in [5.74, 6) is 0. The second-order valence-corrected chi connectivity index (χ2v) is 9.92. The lowest BCUT2D eigenvalue weighted by Gasteiger charge is -2.33. The number of aromatic amines is 1. The molecule has 9 heteroatoms. The van der Waals surface area contributed by atoms with Gasteiger partial charge in [0.15, 0.2) is 0 Å². The number of hydrogen-bond donors (Lipinski definition) is 1. The molecule has 6 rings (SSSR count). The summed E-state index contributed by atoms with van der Waals surface area (Å²) in [6, 6.07) is 14.3. The highest BCUT2D eigenvalue weighted by atomic mass is 32.2. The van der Waals surface area contributed by atoms with Crippen molar-refractivity contribution >= 4 is 20.8 Å². The Bertz CT molecular complexity index is 1480. The SMILES string of the molecule is O=S(=O)(c1ccc(C(F)(F)F)cc1)N1C2Cc3[nH]ncc3C1c1c2ccc2ccccc12. The predicted molar refractivity (Wildman–Crippen MR) is 111 cm³/mol. The Morgan fingerprint density at radius 1 is 0.969 bits per heavy atom. The Morgan fingerprint density at radius 3 is 2.47 bits per heavy atom. The van der Waals surface area contributed by atoms with Crippen LogP contribution in [0.3, 0.4) is 0 Å². The number of nitrogens with one attached hydrogen (secondary N) is 1. The molecule has 1 aromatic heterocycles. The number of alkyl halides is 3. The normalized spacial score (nSPS) is 20.3. The van der Waals surface area contributed by atoms with Crippen LogP contribution < -0.4 is 0 Å². The molecule has 32 heavy (non-hydrogen) atoms. The molecule has 1 N–H and O–H groups in total. The molecule has 2 atom stereocenters. The van der Waals surface area contributed by atoms with Gasteiger partial charge in [0.2, 0.25) is 10.0 Å². The van der Waals surface area contributed by atoms with Crippen molar-refractivity contribution in [3.63, 3.8) is 0 Å². The lowest BCUT2D eigenvalue weighted by atomic mass is 9.94. The zero-order chi connectivity index (χ0) is 22.3. The van der Waals surface area contributed by atoms with E-state index in [-0.39, 0.29) is 4.90 Å². The summed E-state index contributed by atoms with van der Waals surface area (Å²) in [5.41, 5.74) is 2.58. The molecule has 0 radical (unpaired) electrons. The van der Waals surface area contributed by atoms with Crippen molar-refractivity contribution in [2.24, 2.45) is 0 Å². The molecule has 2 aliphatic heterocycles. The number of benzene rings is 3. The van der Waals surface area contributed by atoms with E-state index in [0.29, 0.717) is 6.42 Å². The summed E-state index contributed by atoms with van der Waals surface area (Å²) >= 11 is 0. The van der Waals surface area contributed by atoms with Gasteiger partial charge in [-0.3, -0.25) is 5.10 Å². The second kappa shape index (κ2) is 6.43. The van der Waals surface area contributed by atoms with Crippen LogP contribution in [0.5, 0.6) is 0 Å². The van der Waals surface area contributed by atoms with E-state index < -0.39 is 33.8 Å². The van der Waals surface area contributed by atoms with Crippen LogP contribution in [0.1, 0.15) is 40.0 Å². The maximum atomic E-state index is 13.8. The summed E-state index contributed by atoms with van der Waals surface area (Å²) in [6.07, 6.45) is -2.48. The molecule has 0 saturated carbocycles. The number of H-pyrrole nitrogens is 1. The first-order valence-electron chi connectivity index (χ1n) is 10.0. The molecule has 4 aromatic rings. The highest BCUT2D eigenvalue weighted by Crippen LogP contribution is 2.55. The lowest BCUT2D eigenvalue weighted by Crippen LogP contribution is -2.37. The van der Waals surface area contributed by atoms with Gasteiger partial charge in [-0.05, 0) is 46.2 Å². The van der Waals surface area contributed by atoms with Gasteiger partial charge in [-0.25, -0.2) is 8.42 Å². The number of halogens is 3. The van der Waals surface area contributed by atoms with Crippen LogP contribution in [-0.4, -0.2) is 22.9 Å². The first-order chi connectivity index (χ1) is 15.3. The Kier molecular flexibility index (Phi) is 3.92. The third-order valence-corrected chi connectivity index (χ3v) is 8.29. The van der Waals surface area contributed by atoms with Crippen molar-refractivity contribution in [3.8, 4) is 0 Å². The molecule has 3 aromatic carbocycles. The minimum absolute atomic E-state index is 0.162. The highest BCUT2D eigenvalue weighted by molar-refractivity contribution is 7.89. The van der Waals surface area contributed by atoms with E-state index in [1.165, 1.54) is 4.31 Å². The first kappa shape index (κ1) is 19.5. The monoisotopic (exact) mass is 455 g/mol. The summed E-state index contributed by atoms with van der Waals surface area (Å²) in [6.45, 7) is 0. The summed E-state index contributed by atoms with van der Waals surface area (Å²) in [5, 5.41) is 9.07. The Morgan fingerprint density at radius 2 is 1.72 bits per heavy atom. The van der Waals surface area contributed by atoms with Crippen molar-refractivity contribution in [3.05, 3.63) is 94.8 Å². The maximum Gasteiger partial charge on any atom is 0.416 e. The van der Waals surface area contributed by atoms with Gasteiger partial charge in [-0.2, -0.15) is 22.6 Å². The van der Waals surface area contributed by atoms with Crippen LogP contribution in [0.2, 0.25) is 0 Å². The number of rotatable bonds is 2. The minimum Gasteiger partial charge on any atom is -0.282 e. The predicted octanol–water partition coefficient (Wildman–Crippen LogP) is 4.97. The molecule has 0 fully saturated rings. The Hall–Kier alpha value is -3.17. The van der Waals surface area contributed by atoms with E-state index in [1.54, 1.807) is 6.20 Å². The highest BCUT2D eigenvalue weighted by Gasteiger charge is 2.51. The third-order valence-electron chi connectivity index (χ3n) is 6.40. The average molecular weight is 455 g/mol. The molecule has 0 amide bonds. The molecule has 2 aliphatic rings. The summed E-state index contributed by atoms with van der Waals surface area (Å²) < 4.78 is 67.9. The summed E-state index contributed by atoms with van der Waals surface area (Å²) in [7, 11) is -4.09. The maximum absolute atomic E-state index is 13.8. The van der Waals surface area contributed by atoms with Gasteiger partial charge in [-0.1, -0.05) is 36.4 Å². The molecule has 2 unspecified atom stereocenters. The van der Waals surface area contributed by atoms with E-state index in [9.17, 15) is 21.6 Å². The average Bonchev–Trinajstić information content (AvgIpc) is 3.35. The van der Waals surface area contributed by atoms with E-state index in [0.717, 1.165) is 57.4 Å². The third kappa shape index (κ3) is 2.61. The first-order valence-corrected chi connectivity index (χ1v) is 11.5. The van der Waals surface area contributed by atoms with Gasteiger partial charge in [0.05, 0.1) is 28.7 Å². The quantitative estimate of drug-likeness (QED) is 0.464. The fraction of sp³-hybridized carbons (Fsp3) is 0.174. The van der Waals surface area contributed by atoms with Crippen LogP contribution >= 0.6 is 0 Å². The Labute approximate surface area is 181 Å². The van der Waals surface area contributed by atoms with Crippen LogP contribution in [-0.2, 0) is 22.6 Å². The molecule has 2 bridgehead atoms. The van der Waals surface area contributed by atoms with E-state index >= 15 is 0 Å². The van der Waals surface area contributed by atoms with Gasteiger partial charge in [0.25, 0.3) is 0 Å². The van der Waals surface area contributed by atoms with Crippen LogP contribution in [0.15, 0.2) is 71.8 Å². The second-order valence-electron chi connectivity index (χ2n) is 8.07. The summed E-state index contributed by atoms with van der Waals surface area (Å²) in [4.78, 5) is -0.162. The number of sulfonamides is 1. The standard InChI is InChI=1S/C23H16F3N3O2S/c24-23(25,26)14-6-8-15(9-7-14)32(30,31)29-20-11-19-18(12-27-28-19)22(29)21-16-4-2-1-3-13(16)5-10-17(20)21/h1-10,12,20,22H,11H2,(H,27,28). The smallest absolute Gasteiger partial charge is 0.282 e. The molecule has 5 nitrogen and oxygen atoms in total. The molecule has 0 spiro atoms. The van der Waals surface area contributed by atoms with Crippen molar-refractivity contribution in [2.45, 2.75) is 29.6 Å². The van der Waals surface area contributed by atoms with Crippen molar-refractivity contribution in [2.75, 3.05) is 0 Å². The molecule has 0 aliphatic carbocycles. The molecule has 3 heterocycles. The molecule has 0 saturated heterocycles. The van der Waals surface area contributed by atoms with Gasteiger partial charge >= 0.3 is 6.18 Å². The van der Waals surface area contributed by atoms with Crippen LogP contribution in [0.4, 0.5) is 13.2 Å². The van der Waals surface area contributed by atoms with Gasteiger partial charge < -0.3 is 0 Å². The largest absolute Gasteiger partial charge is 0.416 e. The number of aromatic nitrogens is 2. The van der Waals surface area contributed by atoms with Gasteiger partial charge in [0.1, 0.15) is 0 Å². The van der Waals surface area contributed by atoms with E-state index in [4.69, 9.17) is 0 Å². The van der Waals surface area contributed by atoms with Crippen molar-refractivity contribution in [1.29, 1.82) is 0 Å². The van der Waals surface area contributed by atoms with Crippen molar-refractivity contribution in [1.82, 2.24) is 14.5 Å². The Balaban J connectivity index is 1.55. The topological polar surface area (TPSA) is 66.1 Å². The number of nitrogens with zero attached hydrogens (tertiary/aromatic N) is 2. The van der Waals surface area contributed by atoms with Crippen LogP contribution in [0, 0.1) is 0 Å². The fourth-order valence-electron chi connectivity index (χ4n) is 5.00. The zero-order valence-electron chi connectivity index (χ0n) is 16.5.